The highest BCUT2D eigenvalue weighted by atomic mass is 35.5. The van der Waals surface area contributed by atoms with Crippen molar-refractivity contribution in [1.82, 2.24) is 0 Å². The average molecular weight is 476 g/mol. The Morgan fingerprint density at radius 1 is 1.12 bits per heavy atom. The molecule has 1 aliphatic carbocycles. The molecule has 7 heteroatoms. The molecule has 1 N–H and O–H groups in total. The van der Waals surface area contributed by atoms with Crippen LogP contribution < -0.4 is 5.32 Å². The summed E-state index contributed by atoms with van der Waals surface area (Å²) in [6, 6.07) is 12.8. The second-order valence-electron chi connectivity index (χ2n) is 8.50. The van der Waals surface area contributed by atoms with Crippen LogP contribution in [0.1, 0.15) is 40.9 Å². The summed E-state index contributed by atoms with van der Waals surface area (Å²) in [5, 5.41) is 3.01. The third kappa shape index (κ3) is 4.26. The summed E-state index contributed by atoms with van der Waals surface area (Å²) in [6.07, 6.45) is 0.764. The lowest BCUT2D eigenvalue weighted by atomic mass is 9.63. The molecule has 0 heterocycles. The Kier molecular flexibility index (Phi) is 6.03. The SMILES string of the molecule is Cc1c(-c2ccc(F)cc2)cc2c(c1C(=O)Nc1ccc(SC(F)F)c(Cl)c1)CC2(C)C. The molecule has 0 radical (unpaired) electrons. The van der Waals surface area contributed by atoms with Crippen molar-refractivity contribution in [1.29, 1.82) is 0 Å². The summed E-state index contributed by atoms with van der Waals surface area (Å²) in [6.45, 7) is 6.13. The van der Waals surface area contributed by atoms with E-state index in [1.165, 1.54) is 24.3 Å². The largest absolute Gasteiger partial charge is 0.322 e. The Hall–Kier alpha value is -2.44. The van der Waals surface area contributed by atoms with Gasteiger partial charge in [-0.05, 0) is 76.9 Å². The van der Waals surface area contributed by atoms with Crippen LogP contribution in [0.4, 0.5) is 18.9 Å². The number of rotatable bonds is 5. The van der Waals surface area contributed by atoms with Crippen LogP contribution in [0.2, 0.25) is 5.02 Å². The molecule has 0 saturated heterocycles. The van der Waals surface area contributed by atoms with Crippen molar-refractivity contribution in [2.24, 2.45) is 0 Å². The molecule has 0 spiro atoms. The van der Waals surface area contributed by atoms with Gasteiger partial charge in [0.15, 0.2) is 0 Å². The van der Waals surface area contributed by atoms with E-state index in [2.05, 4.69) is 25.2 Å². The minimum absolute atomic E-state index is 0.0652. The lowest BCUT2D eigenvalue weighted by Gasteiger charge is -2.41. The van der Waals surface area contributed by atoms with Crippen LogP contribution in [0.5, 0.6) is 0 Å². The molecule has 0 aromatic heterocycles. The van der Waals surface area contributed by atoms with E-state index in [4.69, 9.17) is 11.6 Å². The van der Waals surface area contributed by atoms with Crippen LogP contribution in [0.25, 0.3) is 11.1 Å². The molecule has 2 nitrogen and oxygen atoms in total. The van der Waals surface area contributed by atoms with Gasteiger partial charge in [-0.1, -0.05) is 55.4 Å². The second-order valence-corrected chi connectivity index (χ2v) is 9.93. The van der Waals surface area contributed by atoms with Crippen molar-refractivity contribution >= 4 is 35.0 Å². The molecule has 1 aliphatic rings. The number of thioether (sulfide) groups is 1. The lowest BCUT2D eigenvalue weighted by Crippen LogP contribution is -2.36. The molecule has 0 unspecified atom stereocenters. The zero-order valence-electron chi connectivity index (χ0n) is 17.7. The summed E-state index contributed by atoms with van der Waals surface area (Å²) in [7, 11) is 0. The second kappa shape index (κ2) is 8.49. The third-order valence-electron chi connectivity index (χ3n) is 5.83. The maximum atomic E-state index is 13.4. The molecular weight excluding hydrogens is 455 g/mol. The number of fused-ring (bicyclic) bond motifs is 1. The number of amides is 1. The van der Waals surface area contributed by atoms with Crippen molar-refractivity contribution in [3.05, 3.63) is 81.6 Å². The van der Waals surface area contributed by atoms with E-state index in [1.54, 1.807) is 18.2 Å². The first-order valence-electron chi connectivity index (χ1n) is 10.1. The summed E-state index contributed by atoms with van der Waals surface area (Å²) >= 11 is 6.48. The van der Waals surface area contributed by atoms with Gasteiger partial charge in [0.1, 0.15) is 5.82 Å². The monoisotopic (exact) mass is 475 g/mol. The number of nitrogens with one attached hydrogen (secondary N) is 1. The van der Waals surface area contributed by atoms with Crippen LogP contribution in [0.3, 0.4) is 0 Å². The summed E-state index contributed by atoms with van der Waals surface area (Å²) in [5.41, 5.74) is 5.55. The third-order valence-corrected chi connectivity index (χ3v) is 7.04. The molecule has 0 aliphatic heterocycles. The minimum atomic E-state index is -2.58. The fourth-order valence-corrected chi connectivity index (χ4v) is 5.08. The van der Waals surface area contributed by atoms with Crippen LogP contribution in [-0.4, -0.2) is 11.7 Å². The zero-order chi connectivity index (χ0) is 23.2. The highest BCUT2D eigenvalue weighted by molar-refractivity contribution is 7.99. The van der Waals surface area contributed by atoms with Crippen LogP contribution in [0.15, 0.2) is 53.4 Å². The summed E-state index contributed by atoms with van der Waals surface area (Å²) in [4.78, 5) is 13.6. The quantitative estimate of drug-likeness (QED) is 0.380. The number of hydrogen-bond acceptors (Lipinski definition) is 2. The average Bonchev–Trinajstić information content (AvgIpc) is 2.70. The van der Waals surface area contributed by atoms with Gasteiger partial charge in [-0.3, -0.25) is 4.79 Å². The van der Waals surface area contributed by atoms with E-state index < -0.39 is 5.76 Å². The Morgan fingerprint density at radius 3 is 2.41 bits per heavy atom. The number of anilines is 1. The molecule has 4 rings (SSSR count). The van der Waals surface area contributed by atoms with Crippen molar-refractivity contribution < 1.29 is 18.0 Å². The zero-order valence-corrected chi connectivity index (χ0v) is 19.3. The smallest absolute Gasteiger partial charge is 0.288 e. The molecule has 3 aromatic carbocycles. The van der Waals surface area contributed by atoms with E-state index in [1.807, 2.05) is 6.92 Å². The van der Waals surface area contributed by atoms with Gasteiger partial charge in [0, 0.05) is 16.1 Å². The molecule has 32 heavy (non-hydrogen) atoms. The number of halogens is 4. The number of carbonyl (C=O) groups is 1. The molecule has 0 fully saturated rings. The van der Waals surface area contributed by atoms with Crippen LogP contribution in [0, 0.1) is 12.7 Å². The van der Waals surface area contributed by atoms with Gasteiger partial charge in [0.2, 0.25) is 0 Å². The molecule has 0 saturated carbocycles. The van der Waals surface area contributed by atoms with Crippen molar-refractivity contribution in [2.45, 2.75) is 43.3 Å². The number of hydrogen-bond donors (Lipinski definition) is 1. The number of alkyl halides is 2. The van der Waals surface area contributed by atoms with E-state index in [9.17, 15) is 18.0 Å². The van der Waals surface area contributed by atoms with E-state index in [0.717, 1.165) is 34.2 Å². The first-order chi connectivity index (χ1) is 15.1. The highest BCUT2D eigenvalue weighted by Crippen LogP contribution is 2.46. The first-order valence-corrected chi connectivity index (χ1v) is 11.3. The maximum Gasteiger partial charge on any atom is 0.288 e. The van der Waals surface area contributed by atoms with Gasteiger partial charge in [0.05, 0.1) is 5.02 Å². The Bertz CT molecular complexity index is 1210. The van der Waals surface area contributed by atoms with Crippen LogP contribution >= 0.6 is 23.4 Å². The summed E-state index contributed by atoms with van der Waals surface area (Å²) < 4.78 is 38.7. The highest BCUT2D eigenvalue weighted by Gasteiger charge is 2.38. The standard InChI is InChI=1S/C25H21ClF3NOS/c1-13-17(14-4-6-15(27)7-5-14)11-19-18(12-25(19,2)3)22(13)23(31)30-16-8-9-21(20(26)10-16)32-24(28)29/h4-11,24H,12H2,1-3H3,(H,30,31). The Balaban J connectivity index is 1.72. The molecule has 166 valence electrons. The predicted molar refractivity (Wildman–Crippen MR) is 125 cm³/mol. The molecule has 0 atom stereocenters. The van der Waals surface area contributed by atoms with E-state index in [-0.39, 0.29) is 27.1 Å². The molecular formula is C25H21ClF3NOS. The van der Waals surface area contributed by atoms with Crippen LogP contribution in [-0.2, 0) is 11.8 Å². The van der Waals surface area contributed by atoms with E-state index >= 15 is 0 Å². The first kappa shape index (κ1) is 22.7. The van der Waals surface area contributed by atoms with Gasteiger partial charge >= 0.3 is 0 Å². The van der Waals surface area contributed by atoms with Crippen molar-refractivity contribution in [2.75, 3.05) is 5.32 Å². The Labute approximate surface area is 194 Å². The lowest BCUT2D eigenvalue weighted by molar-refractivity contribution is 0.102. The maximum absolute atomic E-state index is 13.4. The summed E-state index contributed by atoms with van der Waals surface area (Å²) in [5.74, 6) is -3.19. The van der Waals surface area contributed by atoms with Gasteiger partial charge in [-0.25, -0.2) is 4.39 Å². The van der Waals surface area contributed by atoms with Crippen molar-refractivity contribution in [3.63, 3.8) is 0 Å². The van der Waals surface area contributed by atoms with E-state index in [0.29, 0.717) is 23.0 Å². The van der Waals surface area contributed by atoms with Gasteiger partial charge in [-0.2, -0.15) is 8.78 Å². The fraction of sp³-hybridized carbons (Fsp3) is 0.240. The topological polar surface area (TPSA) is 29.1 Å². The van der Waals surface area contributed by atoms with Gasteiger partial charge < -0.3 is 5.32 Å². The van der Waals surface area contributed by atoms with Crippen molar-refractivity contribution in [3.8, 4) is 11.1 Å². The van der Waals surface area contributed by atoms with Gasteiger partial charge in [0.25, 0.3) is 11.7 Å². The number of carbonyl (C=O) groups excluding carboxylic acids is 1. The molecule has 0 bridgehead atoms. The molecule has 3 aromatic rings. The molecule has 1 amide bonds. The predicted octanol–water partition coefficient (Wildman–Crippen LogP) is 7.86. The Morgan fingerprint density at radius 2 is 1.81 bits per heavy atom. The minimum Gasteiger partial charge on any atom is -0.322 e. The number of benzene rings is 3. The normalized spacial score (nSPS) is 14.1. The fourth-order valence-electron chi connectivity index (χ4n) is 4.25. The van der Waals surface area contributed by atoms with Gasteiger partial charge in [-0.15, -0.1) is 0 Å².